The molecule has 1 aromatic heterocycles. The van der Waals surface area contributed by atoms with Crippen molar-refractivity contribution in [1.29, 1.82) is 0 Å². The average Bonchev–Trinajstić information content (AvgIpc) is 3.16. The molecule has 146 valence electrons. The molecule has 0 saturated carbocycles. The first kappa shape index (κ1) is 19.7. The molecule has 28 heavy (non-hydrogen) atoms. The van der Waals surface area contributed by atoms with Crippen molar-refractivity contribution in [2.75, 3.05) is 11.9 Å². The molecule has 0 aliphatic carbocycles. The highest BCUT2D eigenvalue weighted by molar-refractivity contribution is 7.89. The average molecular weight is 402 g/mol. The summed E-state index contributed by atoms with van der Waals surface area (Å²) < 4.78 is 42.5. The van der Waals surface area contributed by atoms with Gasteiger partial charge < -0.3 is 5.32 Å². The summed E-state index contributed by atoms with van der Waals surface area (Å²) in [5.74, 6) is -1.54. The first-order valence-corrected chi connectivity index (χ1v) is 10.0. The molecule has 7 nitrogen and oxygen atoms in total. The van der Waals surface area contributed by atoms with Gasteiger partial charge in [-0.3, -0.25) is 9.48 Å². The number of halogens is 1. The van der Waals surface area contributed by atoms with Crippen LogP contribution in [0.2, 0.25) is 0 Å². The highest BCUT2D eigenvalue weighted by atomic mass is 32.2. The minimum Gasteiger partial charge on any atom is -0.322 e. The zero-order valence-corrected chi connectivity index (χ0v) is 15.9. The Bertz CT molecular complexity index is 1080. The summed E-state index contributed by atoms with van der Waals surface area (Å²) in [6.07, 6.45) is 3.43. The maximum Gasteiger partial charge on any atom is 0.258 e. The molecule has 0 bridgehead atoms. The number of carbonyl (C=O) groups excluding carboxylic acids is 1. The van der Waals surface area contributed by atoms with Gasteiger partial charge in [0.05, 0.1) is 17.0 Å². The van der Waals surface area contributed by atoms with Crippen LogP contribution in [-0.4, -0.2) is 30.7 Å². The molecule has 0 fully saturated rings. The number of aromatic nitrogens is 2. The van der Waals surface area contributed by atoms with Gasteiger partial charge in [-0.2, -0.15) is 5.10 Å². The molecule has 0 aliphatic heterocycles. The molecule has 3 aromatic rings. The Morgan fingerprint density at radius 2 is 1.96 bits per heavy atom. The van der Waals surface area contributed by atoms with Gasteiger partial charge >= 0.3 is 0 Å². The Hall–Kier alpha value is -3.04. The topological polar surface area (TPSA) is 93.1 Å². The van der Waals surface area contributed by atoms with Gasteiger partial charge in [0.15, 0.2) is 0 Å². The van der Waals surface area contributed by atoms with E-state index >= 15 is 0 Å². The summed E-state index contributed by atoms with van der Waals surface area (Å²) in [4.78, 5) is 12.5. The van der Waals surface area contributed by atoms with Gasteiger partial charge in [-0.05, 0) is 35.9 Å². The van der Waals surface area contributed by atoms with Gasteiger partial charge in [-0.1, -0.05) is 25.1 Å². The third kappa shape index (κ3) is 4.44. The number of hydrogen-bond donors (Lipinski definition) is 2. The highest BCUT2D eigenvalue weighted by Crippen LogP contribution is 2.20. The second-order valence-corrected chi connectivity index (χ2v) is 7.72. The van der Waals surface area contributed by atoms with Crippen LogP contribution in [0.4, 0.5) is 10.1 Å². The van der Waals surface area contributed by atoms with Gasteiger partial charge in [0.1, 0.15) is 5.82 Å². The van der Waals surface area contributed by atoms with Crippen molar-refractivity contribution in [2.45, 2.75) is 18.4 Å². The standard InChI is InChI=1S/C19H19FN4O3S/c1-2-22-28(26,27)15-8-9-17(20)16(12-15)19(25)23-18-7-4-3-6-14(18)13-24-11-5-10-21-24/h3-12,22H,2,13H2,1H3,(H,23,25). The fourth-order valence-electron chi connectivity index (χ4n) is 2.66. The largest absolute Gasteiger partial charge is 0.322 e. The number of anilines is 1. The Balaban J connectivity index is 1.88. The molecule has 0 saturated heterocycles. The molecule has 9 heteroatoms. The van der Waals surface area contributed by atoms with Crippen molar-refractivity contribution < 1.29 is 17.6 Å². The number of hydrogen-bond acceptors (Lipinski definition) is 4. The lowest BCUT2D eigenvalue weighted by Gasteiger charge is -2.12. The Labute approximate surface area is 162 Å². The van der Waals surface area contributed by atoms with E-state index in [1.807, 2.05) is 12.1 Å². The van der Waals surface area contributed by atoms with Crippen LogP contribution in [0.1, 0.15) is 22.8 Å². The van der Waals surface area contributed by atoms with E-state index in [1.54, 1.807) is 42.2 Å². The second-order valence-electron chi connectivity index (χ2n) is 5.96. The Kier molecular flexibility index (Phi) is 5.86. The van der Waals surface area contributed by atoms with E-state index in [4.69, 9.17) is 0 Å². The number of nitrogens with one attached hydrogen (secondary N) is 2. The summed E-state index contributed by atoms with van der Waals surface area (Å²) in [6.45, 7) is 2.23. The van der Waals surface area contributed by atoms with Gasteiger partial charge in [0.2, 0.25) is 10.0 Å². The molecular weight excluding hydrogens is 383 g/mol. The maximum atomic E-state index is 14.2. The van der Waals surface area contributed by atoms with E-state index in [0.717, 1.165) is 23.8 Å². The number of rotatable bonds is 7. The van der Waals surface area contributed by atoms with Crippen LogP contribution in [0, 0.1) is 5.82 Å². The lowest BCUT2D eigenvalue weighted by atomic mass is 10.1. The fourth-order valence-corrected chi connectivity index (χ4v) is 3.72. The number of sulfonamides is 1. The smallest absolute Gasteiger partial charge is 0.258 e. The first-order chi connectivity index (χ1) is 13.4. The second kappa shape index (κ2) is 8.32. The van der Waals surface area contributed by atoms with Crippen molar-refractivity contribution >= 4 is 21.6 Å². The van der Waals surface area contributed by atoms with Gasteiger partial charge in [0, 0.05) is 24.6 Å². The SMILES string of the molecule is CCNS(=O)(=O)c1ccc(F)c(C(=O)Nc2ccccc2Cn2cccn2)c1. The van der Waals surface area contributed by atoms with E-state index in [-0.39, 0.29) is 17.0 Å². The van der Waals surface area contributed by atoms with E-state index < -0.39 is 21.7 Å². The van der Waals surface area contributed by atoms with Gasteiger partial charge in [-0.25, -0.2) is 17.5 Å². The molecular formula is C19H19FN4O3S. The predicted molar refractivity (Wildman–Crippen MR) is 103 cm³/mol. The molecule has 1 amide bonds. The monoisotopic (exact) mass is 402 g/mol. The maximum absolute atomic E-state index is 14.2. The lowest BCUT2D eigenvalue weighted by molar-refractivity contribution is 0.102. The normalized spacial score (nSPS) is 11.4. The first-order valence-electron chi connectivity index (χ1n) is 8.56. The molecule has 2 N–H and O–H groups in total. The summed E-state index contributed by atoms with van der Waals surface area (Å²) >= 11 is 0. The van der Waals surface area contributed by atoms with E-state index in [9.17, 15) is 17.6 Å². The number of amides is 1. The van der Waals surface area contributed by atoms with E-state index in [1.165, 1.54) is 0 Å². The lowest BCUT2D eigenvalue weighted by Crippen LogP contribution is -2.24. The highest BCUT2D eigenvalue weighted by Gasteiger charge is 2.19. The third-order valence-electron chi connectivity index (χ3n) is 3.98. The summed E-state index contributed by atoms with van der Waals surface area (Å²) in [6, 6.07) is 12.0. The van der Waals surface area contributed by atoms with Crippen LogP contribution >= 0.6 is 0 Å². The van der Waals surface area contributed by atoms with E-state index in [2.05, 4.69) is 15.1 Å². The molecule has 0 unspecified atom stereocenters. The van der Waals surface area contributed by atoms with Gasteiger partial charge in [0.25, 0.3) is 5.91 Å². The summed E-state index contributed by atoms with van der Waals surface area (Å²) in [5, 5.41) is 6.79. The van der Waals surface area contributed by atoms with Crippen molar-refractivity contribution in [3.8, 4) is 0 Å². The van der Waals surface area contributed by atoms with Crippen molar-refractivity contribution in [1.82, 2.24) is 14.5 Å². The van der Waals surface area contributed by atoms with E-state index in [0.29, 0.717) is 12.2 Å². The van der Waals surface area contributed by atoms with Crippen molar-refractivity contribution in [2.24, 2.45) is 0 Å². The number of para-hydroxylation sites is 1. The molecule has 3 rings (SSSR count). The van der Waals surface area contributed by atoms with Crippen LogP contribution in [-0.2, 0) is 16.6 Å². The number of carbonyl (C=O) groups is 1. The van der Waals surface area contributed by atoms with Crippen LogP contribution in [0.15, 0.2) is 65.8 Å². The fraction of sp³-hybridized carbons (Fsp3) is 0.158. The Morgan fingerprint density at radius 1 is 1.18 bits per heavy atom. The molecule has 0 spiro atoms. The quantitative estimate of drug-likeness (QED) is 0.635. The number of nitrogens with zero attached hydrogens (tertiary/aromatic N) is 2. The van der Waals surface area contributed by atoms with Crippen LogP contribution < -0.4 is 10.0 Å². The van der Waals surface area contributed by atoms with Crippen molar-refractivity contribution in [3.05, 3.63) is 77.9 Å². The van der Waals surface area contributed by atoms with Crippen LogP contribution in [0.3, 0.4) is 0 Å². The summed E-state index contributed by atoms with van der Waals surface area (Å²) in [7, 11) is -3.81. The number of benzene rings is 2. The zero-order chi connectivity index (χ0) is 20.1. The summed E-state index contributed by atoms with van der Waals surface area (Å²) in [5.41, 5.74) is 0.909. The van der Waals surface area contributed by atoms with Crippen LogP contribution in [0.5, 0.6) is 0 Å². The third-order valence-corrected chi connectivity index (χ3v) is 5.53. The molecule has 1 heterocycles. The zero-order valence-electron chi connectivity index (χ0n) is 15.1. The predicted octanol–water partition coefficient (Wildman–Crippen LogP) is 2.62. The Morgan fingerprint density at radius 3 is 2.68 bits per heavy atom. The molecule has 0 radical (unpaired) electrons. The molecule has 0 aliphatic rings. The van der Waals surface area contributed by atoms with Crippen molar-refractivity contribution in [3.63, 3.8) is 0 Å². The molecule has 0 atom stereocenters. The minimum absolute atomic E-state index is 0.175. The molecule has 2 aromatic carbocycles. The minimum atomic E-state index is -3.81. The van der Waals surface area contributed by atoms with Crippen LogP contribution in [0.25, 0.3) is 0 Å². The van der Waals surface area contributed by atoms with Gasteiger partial charge in [-0.15, -0.1) is 0 Å².